The first kappa shape index (κ1) is 28.5. The summed E-state index contributed by atoms with van der Waals surface area (Å²) in [5.74, 6) is 0.739. The molecule has 0 aliphatic rings. The van der Waals surface area contributed by atoms with Crippen molar-refractivity contribution in [3.05, 3.63) is 64.9 Å². The maximum absolute atomic E-state index is 13.0. The van der Waals surface area contributed by atoms with Crippen LogP contribution < -0.4 is 30.3 Å². The maximum Gasteiger partial charge on any atom is 0.327 e. The first-order chi connectivity index (χ1) is 18.1. The highest BCUT2D eigenvalue weighted by atomic mass is 35.5. The number of methoxy groups -OCH3 is 2. The summed E-state index contributed by atoms with van der Waals surface area (Å²) in [6.45, 7) is 1.54. The molecule has 3 amide bonds. The monoisotopic (exact) mass is 560 g/mol. The summed E-state index contributed by atoms with van der Waals surface area (Å²) < 4.78 is 10.5. The highest BCUT2D eigenvalue weighted by molar-refractivity contribution is 6.41. The molecule has 0 saturated carbocycles. The Morgan fingerprint density at radius 2 is 1.66 bits per heavy atom. The van der Waals surface area contributed by atoms with Crippen LogP contribution in [0.25, 0.3) is 0 Å². The molecule has 13 heteroatoms. The molecule has 0 spiro atoms. The second-order valence-electron chi connectivity index (χ2n) is 7.79. The van der Waals surface area contributed by atoms with E-state index in [1.807, 2.05) is 0 Å². The Labute approximate surface area is 229 Å². The number of benzene rings is 2. The minimum absolute atomic E-state index is 0.104. The molecule has 3 aromatic rings. The zero-order valence-electron chi connectivity index (χ0n) is 21.0. The molecule has 0 fully saturated rings. The predicted octanol–water partition coefficient (Wildman–Crippen LogP) is 5.09. The smallest absolute Gasteiger partial charge is 0.327 e. The van der Waals surface area contributed by atoms with Gasteiger partial charge >= 0.3 is 6.03 Å². The van der Waals surface area contributed by atoms with Gasteiger partial charge in [-0.1, -0.05) is 41.4 Å². The number of halogens is 2. The second kappa shape index (κ2) is 13.0. The molecule has 0 aliphatic carbocycles. The van der Waals surface area contributed by atoms with Crippen molar-refractivity contribution in [1.29, 1.82) is 0 Å². The van der Waals surface area contributed by atoms with Crippen molar-refractivity contribution in [3.8, 4) is 11.5 Å². The number of urea groups is 1. The Bertz CT molecular complexity index is 1320. The van der Waals surface area contributed by atoms with Crippen molar-refractivity contribution < 1.29 is 24.2 Å². The zero-order chi connectivity index (χ0) is 27.8. The van der Waals surface area contributed by atoms with E-state index in [0.717, 1.165) is 0 Å². The highest BCUT2D eigenvalue weighted by Gasteiger charge is 2.22. The van der Waals surface area contributed by atoms with Crippen LogP contribution in [0.2, 0.25) is 10.0 Å². The first-order valence-corrected chi connectivity index (χ1v) is 11.9. The molecule has 0 radical (unpaired) electrons. The summed E-state index contributed by atoms with van der Waals surface area (Å²) >= 11 is 12.7. The number of aromatic nitrogens is 2. The van der Waals surface area contributed by atoms with Crippen molar-refractivity contribution >= 4 is 63.8 Å². The molecular weight excluding hydrogens is 535 g/mol. The van der Waals surface area contributed by atoms with Gasteiger partial charge in [0.15, 0.2) is 0 Å². The first-order valence-electron chi connectivity index (χ1n) is 11.1. The largest absolute Gasteiger partial charge is 0.495 e. The van der Waals surface area contributed by atoms with E-state index in [0.29, 0.717) is 17.2 Å². The van der Waals surface area contributed by atoms with E-state index >= 15 is 0 Å². The van der Waals surface area contributed by atoms with Gasteiger partial charge in [0.1, 0.15) is 39.5 Å². The van der Waals surface area contributed by atoms with Crippen LogP contribution in [0.4, 0.5) is 33.5 Å². The number of nitrogens with one attached hydrogen (secondary N) is 3. The summed E-state index contributed by atoms with van der Waals surface area (Å²) in [5, 5.41) is 18.0. The number of rotatable bonds is 9. The maximum atomic E-state index is 13.0. The van der Waals surface area contributed by atoms with Crippen LogP contribution in [0.15, 0.2) is 54.9 Å². The van der Waals surface area contributed by atoms with Gasteiger partial charge in [0.05, 0.1) is 37.4 Å². The number of para-hydroxylation sites is 2. The molecular formula is C25H26Cl2N6O5. The van der Waals surface area contributed by atoms with Crippen LogP contribution >= 0.6 is 23.2 Å². The van der Waals surface area contributed by atoms with E-state index in [1.165, 1.54) is 50.7 Å². The summed E-state index contributed by atoms with van der Waals surface area (Å²) in [6.07, 6.45) is 3.14. The minimum Gasteiger partial charge on any atom is -0.495 e. The highest BCUT2D eigenvalue weighted by Crippen LogP contribution is 2.44. The van der Waals surface area contributed by atoms with Gasteiger partial charge in [0.25, 0.3) is 0 Å². The Kier molecular flexibility index (Phi) is 9.72. The van der Waals surface area contributed by atoms with Crippen LogP contribution in [0.1, 0.15) is 6.92 Å². The molecule has 11 nitrogen and oxygen atoms in total. The molecule has 3 rings (SSSR count). The van der Waals surface area contributed by atoms with Crippen molar-refractivity contribution in [2.75, 3.05) is 42.1 Å². The van der Waals surface area contributed by atoms with Crippen molar-refractivity contribution in [2.45, 2.75) is 13.0 Å². The number of aliphatic hydroxyl groups is 1. The fourth-order valence-electron chi connectivity index (χ4n) is 3.13. The fraction of sp³-hybridized carbons (Fsp3) is 0.200. The summed E-state index contributed by atoms with van der Waals surface area (Å²) in [6, 6.07) is 9.44. The van der Waals surface area contributed by atoms with Gasteiger partial charge < -0.3 is 30.5 Å². The molecule has 1 unspecified atom stereocenters. The number of amides is 3. The van der Waals surface area contributed by atoms with Gasteiger partial charge in [-0.25, -0.2) is 14.8 Å². The lowest BCUT2D eigenvalue weighted by atomic mass is 10.2. The van der Waals surface area contributed by atoms with Gasteiger partial charge in [0, 0.05) is 25.3 Å². The molecule has 200 valence electrons. The van der Waals surface area contributed by atoms with E-state index in [9.17, 15) is 14.7 Å². The Hall–Kier alpha value is -4.06. The summed E-state index contributed by atoms with van der Waals surface area (Å²) in [7, 11) is 4.36. The molecule has 4 N–H and O–H groups in total. The zero-order valence-corrected chi connectivity index (χ0v) is 22.5. The average Bonchev–Trinajstić information content (AvgIpc) is 2.90. The number of carbonyl (C=O) groups is 2. The molecule has 2 aromatic carbocycles. The third-order valence-electron chi connectivity index (χ3n) is 5.08. The lowest BCUT2D eigenvalue weighted by Gasteiger charge is -2.20. The summed E-state index contributed by atoms with van der Waals surface area (Å²) in [4.78, 5) is 34.8. The van der Waals surface area contributed by atoms with Crippen molar-refractivity contribution in [3.63, 3.8) is 0 Å². The molecule has 1 heterocycles. The lowest BCUT2D eigenvalue weighted by Crippen LogP contribution is -2.32. The van der Waals surface area contributed by atoms with E-state index in [1.54, 1.807) is 37.3 Å². The Morgan fingerprint density at radius 1 is 1.03 bits per heavy atom. The predicted molar refractivity (Wildman–Crippen MR) is 148 cm³/mol. The average molecular weight is 561 g/mol. The topological polar surface area (TPSA) is 138 Å². The van der Waals surface area contributed by atoms with Gasteiger partial charge in [-0.15, -0.1) is 0 Å². The summed E-state index contributed by atoms with van der Waals surface area (Å²) in [5.41, 5.74) is 1.14. The van der Waals surface area contributed by atoms with Crippen LogP contribution in [-0.4, -0.2) is 54.4 Å². The fourth-order valence-corrected chi connectivity index (χ4v) is 3.72. The molecule has 1 atom stereocenters. The van der Waals surface area contributed by atoms with Gasteiger partial charge in [-0.05, 0) is 19.1 Å². The number of hydrogen-bond acceptors (Lipinski definition) is 8. The third-order valence-corrected chi connectivity index (χ3v) is 5.83. The number of nitrogens with zero attached hydrogens (tertiary/aromatic N) is 3. The second-order valence-corrected chi connectivity index (χ2v) is 8.55. The third kappa shape index (κ3) is 7.03. The Balaban J connectivity index is 1.80. The SMILES string of the molecule is COc1cc(OC)c(Cl)c(NC(=O)N(C)c2cc(Nc3ccccc3NC(=O)C=CC(C)O)ncn2)c1Cl. The number of aliphatic hydroxyl groups excluding tert-OH is 1. The van der Waals surface area contributed by atoms with Gasteiger partial charge in [-0.2, -0.15) is 0 Å². The van der Waals surface area contributed by atoms with Crippen LogP contribution in [0.5, 0.6) is 11.5 Å². The van der Waals surface area contributed by atoms with Crippen LogP contribution in [-0.2, 0) is 4.79 Å². The number of ether oxygens (including phenoxy) is 2. The van der Waals surface area contributed by atoms with Gasteiger partial charge in [-0.3, -0.25) is 9.69 Å². The van der Waals surface area contributed by atoms with E-state index in [-0.39, 0.29) is 33.0 Å². The van der Waals surface area contributed by atoms with Crippen LogP contribution in [0, 0.1) is 0 Å². The van der Waals surface area contributed by atoms with E-state index < -0.39 is 18.0 Å². The van der Waals surface area contributed by atoms with Crippen LogP contribution in [0.3, 0.4) is 0 Å². The number of hydrogen-bond donors (Lipinski definition) is 4. The van der Waals surface area contributed by atoms with Crippen molar-refractivity contribution in [1.82, 2.24) is 9.97 Å². The Morgan fingerprint density at radius 3 is 2.26 bits per heavy atom. The number of carbonyl (C=O) groups excluding carboxylic acids is 2. The minimum atomic E-state index is -0.749. The standard InChI is InChI=1S/C25H26Cl2N6O5/c1-14(34)9-10-21(35)31-16-8-6-5-7-15(16)30-19-12-20(29-13-28-19)33(2)25(36)32-24-22(26)17(37-3)11-18(38-4)23(24)27/h5-14,34H,1-4H3,(H,31,35)(H,32,36)(H,28,29,30). The lowest BCUT2D eigenvalue weighted by molar-refractivity contribution is -0.112. The van der Waals surface area contributed by atoms with Gasteiger partial charge in [0.2, 0.25) is 5.91 Å². The molecule has 0 bridgehead atoms. The molecule has 0 saturated heterocycles. The van der Waals surface area contributed by atoms with Crippen molar-refractivity contribution in [2.24, 2.45) is 0 Å². The normalized spacial score (nSPS) is 11.6. The quantitative estimate of drug-likeness (QED) is 0.265. The van der Waals surface area contributed by atoms with E-state index in [2.05, 4.69) is 25.9 Å². The molecule has 0 aliphatic heterocycles. The van der Waals surface area contributed by atoms with E-state index in [4.69, 9.17) is 32.7 Å². The molecule has 1 aromatic heterocycles. The number of anilines is 5. The molecule has 38 heavy (non-hydrogen) atoms.